The summed E-state index contributed by atoms with van der Waals surface area (Å²) in [4.78, 5) is 17.4. The zero-order valence-electron chi connectivity index (χ0n) is 8.82. The van der Waals surface area contributed by atoms with Crippen LogP contribution < -0.4 is 0 Å². The SMILES string of the molecule is COCN=C1CC(C(=O)OC)N(C)C1. The summed E-state index contributed by atoms with van der Waals surface area (Å²) in [6, 6.07) is -0.185. The fourth-order valence-corrected chi connectivity index (χ4v) is 1.51. The maximum absolute atomic E-state index is 11.3. The van der Waals surface area contributed by atoms with Crippen LogP contribution in [0.5, 0.6) is 0 Å². The molecule has 0 aromatic carbocycles. The number of hydrogen-bond acceptors (Lipinski definition) is 5. The largest absolute Gasteiger partial charge is 0.468 e. The van der Waals surface area contributed by atoms with Gasteiger partial charge in [-0.05, 0) is 7.05 Å². The van der Waals surface area contributed by atoms with Crippen molar-refractivity contribution in [3.05, 3.63) is 0 Å². The third-order valence-corrected chi connectivity index (χ3v) is 2.28. The van der Waals surface area contributed by atoms with Crippen molar-refractivity contribution in [3.8, 4) is 0 Å². The van der Waals surface area contributed by atoms with Crippen LogP contribution in [0.15, 0.2) is 4.99 Å². The van der Waals surface area contributed by atoms with Gasteiger partial charge in [-0.3, -0.25) is 14.7 Å². The normalized spacial score (nSPS) is 25.6. The molecule has 1 saturated heterocycles. The van der Waals surface area contributed by atoms with Gasteiger partial charge in [0.25, 0.3) is 0 Å². The molecule has 0 aromatic rings. The summed E-state index contributed by atoms with van der Waals surface area (Å²) in [5, 5.41) is 0. The summed E-state index contributed by atoms with van der Waals surface area (Å²) in [5.74, 6) is -0.199. The van der Waals surface area contributed by atoms with Gasteiger partial charge in [0.1, 0.15) is 12.8 Å². The van der Waals surface area contributed by atoms with Crippen molar-refractivity contribution in [2.24, 2.45) is 4.99 Å². The number of aliphatic imine (C=N–C) groups is 1. The molecule has 0 aromatic heterocycles. The molecular weight excluding hydrogens is 184 g/mol. The lowest BCUT2D eigenvalue weighted by atomic mass is 10.2. The van der Waals surface area contributed by atoms with Crippen LogP contribution in [-0.2, 0) is 14.3 Å². The average Bonchev–Trinajstić information content (AvgIpc) is 2.55. The van der Waals surface area contributed by atoms with E-state index in [2.05, 4.69) is 4.99 Å². The molecule has 5 heteroatoms. The van der Waals surface area contributed by atoms with Gasteiger partial charge in [0.15, 0.2) is 0 Å². The van der Waals surface area contributed by atoms with Gasteiger partial charge in [0.2, 0.25) is 0 Å². The summed E-state index contributed by atoms with van der Waals surface area (Å²) in [7, 11) is 4.89. The monoisotopic (exact) mass is 200 g/mol. The predicted molar refractivity (Wildman–Crippen MR) is 52.4 cm³/mol. The quantitative estimate of drug-likeness (QED) is 0.597. The highest BCUT2D eigenvalue weighted by Gasteiger charge is 2.32. The minimum atomic E-state index is -0.199. The highest BCUT2D eigenvalue weighted by molar-refractivity contribution is 5.94. The maximum atomic E-state index is 11.3. The molecular formula is C9H16N2O3. The molecule has 1 aliphatic heterocycles. The molecule has 0 spiro atoms. The highest BCUT2D eigenvalue weighted by Crippen LogP contribution is 2.14. The predicted octanol–water partition coefficient (Wildman–Crippen LogP) is -0.0916. The van der Waals surface area contributed by atoms with Crippen molar-refractivity contribution in [2.45, 2.75) is 12.5 Å². The second kappa shape index (κ2) is 5.07. The number of likely N-dealkylation sites (tertiary alicyclic amines) is 1. The second-order valence-electron chi connectivity index (χ2n) is 3.30. The molecule has 0 bridgehead atoms. The molecule has 1 heterocycles. The standard InChI is InChI=1S/C9H16N2O3/c1-11-5-7(10-6-13-2)4-8(11)9(12)14-3/h8H,4-6H2,1-3H3. The maximum Gasteiger partial charge on any atom is 0.323 e. The van der Waals surface area contributed by atoms with Crippen LogP contribution in [0.2, 0.25) is 0 Å². The van der Waals surface area contributed by atoms with Crippen molar-refractivity contribution in [1.29, 1.82) is 0 Å². The van der Waals surface area contributed by atoms with Crippen molar-refractivity contribution in [2.75, 3.05) is 34.5 Å². The molecule has 5 nitrogen and oxygen atoms in total. The Morgan fingerprint density at radius 3 is 2.93 bits per heavy atom. The van der Waals surface area contributed by atoms with E-state index >= 15 is 0 Å². The summed E-state index contributed by atoms with van der Waals surface area (Å²) in [6.45, 7) is 1.07. The van der Waals surface area contributed by atoms with Crippen LogP contribution in [0, 0.1) is 0 Å². The number of hydrogen-bond donors (Lipinski definition) is 0. The zero-order chi connectivity index (χ0) is 10.6. The van der Waals surface area contributed by atoms with Crippen molar-refractivity contribution in [3.63, 3.8) is 0 Å². The molecule has 14 heavy (non-hydrogen) atoms. The number of rotatable bonds is 3. The summed E-state index contributed by atoms with van der Waals surface area (Å²) < 4.78 is 9.53. The lowest BCUT2D eigenvalue weighted by Crippen LogP contribution is -2.33. The number of esters is 1. The molecule has 0 saturated carbocycles. The van der Waals surface area contributed by atoms with Crippen LogP contribution in [0.4, 0.5) is 0 Å². The van der Waals surface area contributed by atoms with Gasteiger partial charge in [-0.25, -0.2) is 0 Å². The third kappa shape index (κ3) is 2.52. The van der Waals surface area contributed by atoms with E-state index < -0.39 is 0 Å². The number of likely N-dealkylation sites (N-methyl/N-ethyl adjacent to an activating group) is 1. The van der Waals surface area contributed by atoms with Gasteiger partial charge in [0.05, 0.1) is 7.11 Å². The van der Waals surface area contributed by atoms with Crippen LogP contribution in [-0.4, -0.2) is 57.2 Å². The molecule has 1 fully saturated rings. The Bertz CT molecular complexity index is 240. The van der Waals surface area contributed by atoms with Gasteiger partial charge in [-0.2, -0.15) is 0 Å². The van der Waals surface area contributed by atoms with Crippen molar-refractivity contribution >= 4 is 11.7 Å². The lowest BCUT2D eigenvalue weighted by Gasteiger charge is -2.14. The first kappa shape index (κ1) is 11.1. The topological polar surface area (TPSA) is 51.1 Å². The summed E-state index contributed by atoms with van der Waals surface area (Å²) >= 11 is 0. The Labute approximate surface area is 83.7 Å². The van der Waals surface area contributed by atoms with Crippen LogP contribution in [0.1, 0.15) is 6.42 Å². The van der Waals surface area contributed by atoms with Crippen LogP contribution in [0.3, 0.4) is 0 Å². The zero-order valence-corrected chi connectivity index (χ0v) is 8.82. The molecule has 0 amide bonds. The fourth-order valence-electron chi connectivity index (χ4n) is 1.51. The molecule has 1 rings (SSSR count). The minimum Gasteiger partial charge on any atom is -0.468 e. The Kier molecular flexibility index (Phi) is 4.03. The highest BCUT2D eigenvalue weighted by atomic mass is 16.5. The second-order valence-corrected chi connectivity index (χ2v) is 3.30. The van der Waals surface area contributed by atoms with Crippen LogP contribution >= 0.6 is 0 Å². The molecule has 0 N–H and O–H groups in total. The van der Waals surface area contributed by atoms with E-state index in [0.29, 0.717) is 19.7 Å². The number of ether oxygens (including phenoxy) is 2. The molecule has 0 aliphatic carbocycles. The van der Waals surface area contributed by atoms with E-state index in [0.717, 1.165) is 5.71 Å². The Hall–Kier alpha value is -0.940. The van der Waals surface area contributed by atoms with Gasteiger partial charge in [0, 0.05) is 25.8 Å². The number of carbonyl (C=O) groups is 1. The van der Waals surface area contributed by atoms with E-state index in [1.54, 1.807) is 7.11 Å². The van der Waals surface area contributed by atoms with E-state index in [-0.39, 0.29) is 12.0 Å². The molecule has 1 unspecified atom stereocenters. The van der Waals surface area contributed by atoms with Gasteiger partial charge >= 0.3 is 5.97 Å². The fraction of sp³-hybridized carbons (Fsp3) is 0.778. The Balaban J connectivity index is 2.55. The molecule has 1 aliphatic rings. The van der Waals surface area contributed by atoms with Crippen LogP contribution in [0.25, 0.3) is 0 Å². The molecule has 1 atom stereocenters. The molecule has 80 valence electrons. The minimum absolute atomic E-state index is 0.185. The first-order chi connectivity index (χ1) is 6.69. The first-order valence-electron chi connectivity index (χ1n) is 4.48. The molecule has 0 radical (unpaired) electrons. The van der Waals surface area contributed by atoms with E-state index in [9.17, 15) is 4.79 Å². The van der Waals surface area contributed by atoms with Crippen molar-refractivity contribution < 1.29 is 14.3 Å². The van der Waals surface area contributed by atoms with E-state index in [1.165, 1.54) is 7.11 Å². The number of nitrogens with zero attached hydrogens (tertiary/aromatic N) is 2. The average molecular weight is 200 g/mol. The number of methoxy groups -OCH3 is 2. The summed E-state index contributed by atoms with van der Waals surface area (Å²) in [6.07, 6.45) is 0.645. The van der Waals surface area contributed by atoms with E-state index in [1.807, 2.05) is 11.9 Å². The summed E-state index contributed by atoms with van der Waals surface area (Å²) in [5.41, 5.74) is 0.991. The third-order valence-electron chi connectivity index (χ3n) is 2.28. The Morgan fingerprint density at radius 1 is 1.64 bits per heavy atom. The smallest absolute Gasteiger partial charge is 0.323 e. The van der Waals surface area contributed by atoms with Gasteiger partial charge < -0.3 is 9.47 Å². The Morgan fingerprint density at radius 2 is 2.36 bits per heavy atom. The lowest BCUT2D eigenvalue weighted by molar-refractivity contribution is -0.145. The van der Waals surface area contributed by atoms with Gasteiger partial charge in [-0.1, -0.05) is 0 Å². The van der Waals surface area contributed by atoms with Crippen molar-refractivity contribution in [1.82, 2.24) is 4.90 Å². The van der Waals surface area contributed by atoms with Gasteiger partial charge in [-0.15, -0.1) is 0 Å². The number of carbonyl (C=O) groups excluding carboxylic acids is 1. The first-order valence-corrected chi connectivity index (χ1v) is 4.48. The van der Waals surface area contributed by atoms with E-state index in [4.69, 9.17) is 9.47 Å².